The van der Waals surface area contributed by atoms with E-state index in [2.05, 4.69) is 27.8 Å². The maximum absolute atomic E-state index is 12.9. The zero-order valence-electron chi connectivity index (χ0n) is 11.6. The lowest BCUT2D eigenvalue weighted by Gasteiger charge is -2.20. The second-order valence-electron chi connectivity index (χ2n) is 4.84. The summed E-state index contributed by atoms with van der Waals surface area (Å²) >= 11 is 2.96. The molecule has 0 amide bonds. The van der Waals surface area contributed by atoms with Gasteiger partial charge >= 0.3 is 6.18 Å². The van der Waals surface area contributed by atoms with E-state index < -0.39 is 11.7 Å². The van der Waals surface area contributed by atoms with Gasteiger partial charge in [-0.05, 0) is 44.0 Å². The van der Waals surface area contributed by atoms with E-state index in [1.807, 2.05) is 13.8 Å². The maximum atomic E-state index is 12.9. The molecular weight excluding hydrogens is 331 g/mol. The molecule has 1 aromatic rings. The summed E-state index contributed by atoms with van der Waals surface area (Å²) in [5.74, 6) is 0. The predicted molar refractivity (Wildman–Crippen MR) is 79.6 cm³/mol. The second-order valence-corrected chi connectivity index (χ2v) is 5.70. The van der Waals surface area contributed by atoms with E-state index in [0.717, 1.165) is 18.4 Å². The molecule has 0 heterocycles. The molecule has 1 unspecified atom stereocenters. The number of allylic oxidation sites excluding steroid dienone is 1. The fourth-order valence-electron chi connectivity index (χ4n) is 2.00. The third-order valence-electron chi connectivity index (χ3n) is 3.01. The average Bonchev–Trinajstić information content (AvgIpc) is 2.33. The van der Waals surface area contributed by atoms with Gasteiger partial charge in [0.1, 0.15) is 0 Å². The van der Waals surface area contributed by atoms with Gasteiger partial charge in [-0.2, -0.15) is 13.2 Å². The lowest BCUT2D eigenvalue weighted by atomic mass is 9.98. The second kappa shape index (κ2) is 7.27. The molecule has 1 rings (SSSR count). The van der Waals surface area contributed by atoms with Crippen molar-refractivity contribution in [1.29, 1.82) is 0 Å². The summed E-state index contributed by atoms with van der Waals surface area (Å²) in [4.78, 5) is 0. The van der Waals surface area contributed by atoms with E-state index >= 15 is 0 Å². The van der Waals surface area contributed by atoms with Crippen molar-refractivity contribution in [3.63, 3.8) is 0 Å². The first-order chi connectivity index (χ1) is 9.25. The first kappa shape index (κ1) is 17.2. The van der Waals surface area contributed by atoms with Crippen LogP contribution in [0.15, 0.2) is 34.8 Å². The minimum absolute atomic E-state index is 0.0731. The van der Waals surface area contributed by atoms with Crippen LogP contribution in [-0.4, -0.2) is 6.54 Å². The number of hydrogen-bond acceptors (Lipinski definition) is 1. The quantitative estimate of drug-likeness (QED) is 0.671. The minimum Gasteiger partial charge on any atom is -0.310 e. The van der Waals surface area contributed by atoms with Gasteiger partial charge in [0.05, 0.1) is 5.56 Å². The monoisotopic (exact) mass is 349 g/mol. The minimum atomic E-state index is -4.35. The van der Waals surface area contributed by atoms with Crippen molar-refractivity contribution in [1.82, 2.24) is 5.32 Å². The standard InChI is InChI=1S/C15H19BrF3N/c1-4-20-14(8-5-10(2)3)11-6-7-13(16)12(9-11)15(17,18)19/h6-7,9,14,20H,2,4-5,8H2,1,3H3. The highest BCUT2D eigenvalue weighted by atomic mass is 79.9. The number of rotatable bonds is 6. The number of benzene rings is 1. The Hall–Kier alpha value is -0.810. The molecule has 0 spiro atoms. The number of alkyl halides is 3. The van der Waals surface area contributed by atoms with Crippen LogP contribution in [0.3, 0.4) is 0 Å². The number of halogens is 4. The first-order valence-electron chi connectivity index (χ1n) is 6.50. The van der Waals surface area contributed by atoms with E-state index in [4.69, 9.17) is 0 Å². The lowest BCUT2D eigenvalue weighted by molar-refractivity contribution is -0.138. The highest BCUT2D eigenvalue weighted by molar-refractivity contribution is 9.10. The average molecular weight is 350 g/mol. The summed E-state index contributed by atoms with van der Waals surface area (Å²) in [5, 5.41) is 3.23. The van der Waals surface area contributed by atoms with Crippen LogP contribution >= 0.6 is 15.9 Å². The topological polar surface area (TPSA) is 12.0 Å². The molecule has 1 atom stereocenters. The van der Waals surface area contributed by atoms with Gasteiger partial charge in [0.15, 0.2) is 0 Å². The van der Waals surface area contributed by atoms with Crippen molar-refractivity contribution in [3.05, 3.63) is 46.0 Å². The first-order valence-corrected chi connectivity index (χ1v) is 7.29. The molecule has 0 bridgehead atoms. The van der Waals surface area contributed by atoms with E-state index in [-0.39, 0.29) is 10.5 Å². The third kappa shape index (κ3) is 4.94. The van der Waals surface area contributed by atoms with Gasteiger partial charge in [-0.25, -0.2) is 0 Å². The van der Waals surface area contributed by atoms with Crippen molar-refractivity contribution in [2.24, 2.45) is 0 Å². The smallest absolute Gasteiger partial charge is 0.310 e. The van der Waals surface area contributed by atoms with Crippen molar-refractivity contribution < 1.29 is 13.2 Å². The van der Waals surface area contributed by atoms with Crippen molar-refractivity contribution in [3.8, 4) is 0 Å². The van der Waals surface area contributed by atoms with Gasteiger partial charge < -0.3 is 5.32 Å². The van der Waals surface area contributed by atoms with Crippen LogP contribution < -0.4 is 5.32 Å². The normalized spacial score (nSPS) is 13.3. The molecular formula is C15H19BrF3N. The summed E-state index contributed by atoms with van der Waals surface area (Å²) < 4.78 is 38.9. The SMILES string of the molecule is C=C(C)CCC(NCC)c1ccc(Br)c(C(F)(F)F)c1. The van der Waals surface area contributed by atoms with Gasteiger partial charge in [0, 0.05) is 10.5 Å². The summed E-state index contributed by atoms with van der Waals surface area (Å²) in [5.41, 5.74) is 1.05. The Morgan fingerprint density at radius 2 is 2.05 bits per heavy atom. The molecule has 1 aromatic carbocycles. The van der Waals surface area contributed by atoms with Gasteiger partial charge in [0.2, 0.25) is 0 Å². The summed E-state index contributed by atoms with van der Waals surface area (Å²) in [6.07, 6.45) is -2.82. The highest BCUT2D eigenvalue weighted by Crippen LogP contribution is 2.36. The Bertz CT molecular complexity index is 469. The zero-order chi connectivity index (χ0) is 15.3. The molecule has 0 aliphatic heterocycles. The molecule has 112 valence electrons. The molecule has 0 radical (unpaired) electrons. The third-order valence-corrected chi connectivity index (χ3v) is 3.70. The lowest BCUT2D eigenvalue weighted by Crippen LogP contribution is -2.21. The maximum Gasteiger partial charge on any atom is 0.417 e. The number of hydrogen-bond donors (Lipinski definition) is 1. The summed E-state index contributed by atoms with van der Waals surface area (Å²) in [6.45, 7) is 8.41. The molecule has 0 aliphatic rings. The molecule has 0 aromatic heterocycles. The molecule has 20 heavy (non-hydrogen) atoms. The van der Waals surface area contributed by atoms with Crippen LogP contribution in [0.5, 0.6) is 0 Å². The Kier molecular flexibility index (Phi) is 6.27. The van der Waals surface area contributed by atoms with E-state index in [1.165, 1.54) is 12.1 Å². The van der Waals surface area contributed by atoms with Gasteiger partial charge in [-0.15, -0.1) is 6.58 Å². The molecule has 0 fully saturated rings. The molecule has 5 heteroatoms. The van der Waals surface area contributed by atoms with Crippen molar-refractivity contribution in [2.75, 3.05) is 6.54 Å². The van der Waals surface area contributed by atoms with Gasteiger partial charge in [-0.3, -0.25) is 0 Å². The Morgan fingerprint density at radius 1 is 1.40 bits per heavy atom. The van der Waals surface area contributed by atoms with Gasteiger partial charge in [0.25, 0.3) is 0 Å². The Balaban J connectivity index is 3.04. The van der Waals surface area contributed by atoms with Crippen LogP contribution in [0, 0.1) is 0 Å². The Labute approximate surface area is 126 Å². The van der Waals surface area contributed by atoms with Gasteiger partial charge in [-0.1, -0.05) is 34.5 Å². The fourth-order valence-corrected chi connectivity index (χ4v) is 2.47. The molecule has 1 N–H and O–H groups in total. The predicted octanol–water partition coefficient (Wildman–Crippen LogP) is 5.47. The van der Waals surface area contributed by atoms with Crippen LogP contribution in [0.4, 0.5) is 13.2 Å². The van der Waals surface area contributed by atoms with Crippen LogP contribution in [0.25, 0.3) is 0 Å². The Morgan fingerprint density at radius 3 is 2.55 bits per heavy atom. The zero-order valence-corrected chi connectivity index (χ0v) is 13.2. The highest BCUT2D eigenvalue weighted by Gasteiger charge is 2.33. The van der Waals surface area contributed by atoms with Crippen LogP contribution in [-0.2, 0) is 6.18 Å². The summed E-state index contributed by atoms with van der Waals surface area (Å²) in [6, 6.07) is 4.32. The molecule has 0 saturated carbocycles. The largest absolute Gasteiger partial charge is 0.417 e. The molecule has 0 saturated heterocycles. The summed E-state index contributed by atoms with van der Waals surface area (Å²) in [7, 11) is 0. The van der Waals surface area contributed by atoms with E-state index in [1.54, 1.807) is 6.07 Å². The number of nitrogens with one attached hydrogen (secondary N) is 1. The fraction of sp³-hybridized carbons (Fsp3) is 0.467. The van der Waals surface area contributed by atoms with E-state index in [9.17, 15) is 13.2 Å². The van der Waals surface area contributed by atoms with Crippen molar-refractivity contribution >= 4 is 15.9 Å². The van der Waals surface area contributed by atoms with E-state index in [0.29, 0.717) is 12.1 Å². The van der Waals surface area contributed by atoms with Crippen LogP contribution in [0.2, 0.25) is 0 Å². The molecule has 1 nitrogen and oxygen atoms in total. The van der Waals surface area contributed by atoms with Crippen LogP contribution in [0.1, 0.15) is 43.9 Å². The molecule has 0 aliphatic carbocycles. The van der Waals surface area contributed by atoms with Crippen molar-refractivity contribution in [2.45, 2.75) is 38.9 Å².